The largest absolute Gasteiger partial charge is 0.358 e. The number of hydrogen-bond acceptors (Lipinski definition) is 4. The van der Waals surface area contributed by atoms with Crippen LogP contribution < -0.4 is 5.32 Å². The minimum atomic E-state index is -1.24. The molecule has 5 nitrogen and oxygen atoms in total. The average molecular weight is 204 g/mol. The van der Waals surface area contributed by atoms with E-state index in [2.05, 4.69) is 5.32 Å². The van der Waals surface area contributed by atoms with Crippen molar-refractivity contribution < 1.29 is 4.79 Å². The van der Waals surface area contributed by atoms with Gasteiger partial charge in [0.25, 0.3) is 0 Å². The minimum Gasteiger partial charge on any atom is -0.358 e. The molecule has 0 heterocycles. The van der Waals surface area contributed by atoms with Crippen LogP contribution >= 0.6 is 0 Å². The lowest BCUT2D eigenvalue weighted by Crippen LogP contribution is -2.38. The molecule has 15 heavy (non-hydrogen) atoms. The summed E-state index contributed by atoms with van der Waals surface area (Å²) in [4.78, 5) is 11.5. The topological polar surface area (TPSA) is 100 Å². The number of nitrogens with one attached hydrogen (secondary N) is 1. The van der Waals surface area contributed by atoms with Gasteiger partial charge in [0.1, 0.15) is 5.41 Å². The summed E-state index contributed by atoms with van der Waals surface area (Å²) in [5, 5.41) is 28.3. The Morgan fingerprint density at radius 2 is 1.67 bits per heavy atom. The van der Waals surface area contributed by atoms with Crippen LogP contribution in [0.2, 0.25) is 0 Å². The molecule has 0 aromatic carbocycles. The highest BCUT2D eigenvalue weighted by atomic mass is 16.2. The number of rotatable bonds is 5. The van der Waals surface area contributed by atoms with Gasteiger partial charge in [-0.1, -0.05) is 0 Å². The number of amides is 1. The highest BCUT2D eigenvalue weighted by Crippen LogP contribution is 2.29. The summed E-state index contributed by atoms with van der Waals surface area (Å²) < 4.78 is 0. The Morgan fingerprint density at radius 1 is 1.20 bits per heavy atom. The van der Waals surface area contributed by atoms with Crippen LogP contribution in [0.1, 0.15) is 25.7 Å². The smallest absolute Gasteiger partial charge is 0.240 e. The summed E-state index contributed by atoms with van der Waals surface area (Å²) in [5.74, 6) is -0.421. The van der Waals surface area contributed by atoms with E-state index in [4.69, 9.17) is 15.8 Å². The van der Waals surface area contributed by atoms with Crippen molar-refractivity contribution >= 4 is 5.91 Å². The van der Waals surface area contributed by atoms with Crippen molar-refractivity contribution in [2.45, 2.75) is 25.7 Å². The molecule has 0 aromatic heterocycles. The van der Waals surface area contributed by atoms with Gasteiger partial charge < -0.3 is 5.32 Å². The van der Waals surface area contributed by atoms with Gasteiger partial charge in [0.05, 0.1) is 18.2 Å². The van der Waals surface area contributed by atoms with Crippen molar-refractivity contribution in [1.29, 1.82) is 15.8 Å². The molecule has 0 aliphatic heterocycles. The molecule has 5 heteroatoms. The van der Waals surface area contributed by atoms with Crippen LogP contribution in [0.15, 0.2) is 0 Å². The van der Waals surface area contributed by atoms with Gasteiger partial charge in [-0.2, -0.15) is 15.8 Å². The van der Waals surface area contributed by atoms with Crippen LogP contribution in [-0.2, 0) is 4.79 Å². The van der Waals surface area contributed by atoms with E-state index in [-0.39, 0.29) is 25.7 Å². The molecular weight excluding hydrogens is 192 g/mol. The Labute approximate surface area is 88.9 Å². The number of carbonyl (C=O) groups is 1. The van der Waals surface area contributed by atoms with Gasteiger partial charge >= 0.3 is 0 Å². The van der Waals surface area contributed by atoms with Gasteiger partial charge in [-0.3, -0.25) is 4.79 Å². The second-order valence-electron chi connectivity index (χ2n) is 3.09. The number of nitrogens with zero attached hydrogens (tertiary/aromatic N) is 3. The van der Waals surface area contributed by atoms with E-state index in [1.165, 1.54) is 7.05 Å². The quantitative estimate of drug-likeness (QED) is 0.717. The Hall–Kier alpha value is -2.06. The molecule has 0 saturated heterocycles. The van der Waals surface area contributed by atoms with Crippen LogP contribution in [-0.4, -0.2) is 13.0 Å². The number of nitriles is 3. The van der Waals surface area contributed by atoms with Gasteiger partial charge in [0.15, 0.2) is 0 Å². The summed E-state index contributed by atoms with van der Waals surface area (Å²) >= 11 is 0. The molecule has 0 saturated carbocycles. The van der Waals surface area contributed by atoms with Gasteiger partial charge in [-0.05, 0) is 12.8 Å². The van der Waals surface area contributed by atoms with Crippen molar-refractivity contribution in [1.82, 2.24) is 5.32 Å². The van der Waals surface area contributed by atoms with Crippen molar-refractivity contribution in [2.24, 2.45) is 5.41 Å². The van der Waals surface area contributed by atoms with Crippen molar-refractivity contribution in [2.75, 3.05) is 7.05 Å². The molecule has 0 unspecified atom stereocenters. The van der Waals surface area contributed by atoms with Crippen molar-refractivity contribution in [3.63, 3.8) is 0 Å². The zero-order valence-corrected chi connectivity index (χ0v) is 8.58. The molecule has 0 radical (unpaired) electrons. The Kier molecular flexibility index (Phi) is 5.52. The predicted molar refractivity (Wildman–Crippen MR) is 51.8 cm³/mol. The van der Waals surface area contributed by atoms with E-state index in [9.17, 15) is 4.79 Å². The van der Waals surface area contributed by atoms with Gasteiger partial charge in [-0.15, -0.1) is 0 Å². The van der Waals surface area contributed by atoms with Gasteiger partial charge in [0, 0.05) is 19.9 Å². The van der Waals surface area contributed by atoms with Crippen molar-refractivity contribution in [3.8, 4) is 18.2 Å². The first kappa shape index (κ1) is 12.9. The van der Waals surface area contributed by atoms with E-state index in [0.29, 0.717) is 0 Å². The maximum atomic E-state index is 11.5. The fourth-order valence-corrected chi connectivity index (χ4v) is 1.29. The third-order valence-corrected chi connectivity index (χ3v) is 2.20. The third kappa shape index (κ3) is 3.29. The van der Waals surface area contributed by atoms with Crippen LogP contribution in [0, 0.1) is 39.4 Å². The lowest BCUT2D eigenvalue weighted by Gasteiger charge is -2.22. The Morgan fingerprint density at radius 3 is 1.93 bits per heavy atom. The molecule has 0 fully saturated rings. The van der Waals surface area contributed by atoms with Crippen LogP contribution in [0.3, 0.4) is 0 Å². The third-order valence-electron chi connectivity index (χ3n) is 2.20. The molecule has 1 N–H and O–H groups in total. The lowest BCUT2D eigenvalue weighted by molar-refractivity contribution is -0.128. The summed E-state index contributed by atoms with van der Waals surface area (Å²) in [5.41, 5.74) is -1.24. The normalized spacial score (nSPS) is 9.47. The Balaban J connectivity index is 4.80. The van der Waals surface area contributed by atoms with Gasteiger partial charge in [0.2, 0.25) is 5.91 Å². The molecule has 1 amide bonds. The van der Waals surface area contributed by atoms with Crippen LogP contribution in [0.4, 0.5) is 0 Å². The van der Waals surface area contributed by atoms with E-state index >= 15 is 0 Å². The first-order chi connectivity index (χ1) is 7.16. The standard InChI is InChI=1S/C10H12N4O/c1-14-9(15)10(8-13,4-2-6-11)5-3-7-12/h2-5H2,1H3,(H,14,15). The zero-order valence-electron chi connectivity index (χ0n) is 8.58. The minimum absolute atomic E-state index is 0.131. The maximum Gasteiger partial charge on any atom is 0.240 e. The van der Waals surface area contributed by atoms with E-state index in [0.717, 1.165) is 0 Å². The fourth-order valence-electron chi connectivity index (χ4n) is 1.29. The summed E-state index contributed by atoms with van der Waals surface area (Å²) in [6.45, 7) is 0. The van der Waals surface area contributed by atoms with E-state index in [1.807, 2.05) is 18.2 Å². The summed E-state index contributed by atoms with van der Waals surface area (Å²) in [6.07, 6.45) is 0.599. The fraction of sp³-hybridized carbons (Fsp3) is 0.600. The first-order valence-electron chi connectivity index (χ1n) is 4.54. The SMILES string of the molecule is CNC(=O)C(C#N)(CCC#N)CCC#N. The molecule has 0 bridgehead atoms. The average Bonchev–Trinajstić information content (AvgIpc) is 2.29. The zero-order chi connectivity index (χ0) is 11.7. The van der Waals surface area contributed by atoms with Crippen LogP contribution in [0.5, 0.6) is 0 Å². The molecule has 0 spiro atoms. The maximum absolute atomic E-state index is 11.5. The van der Waals surface area contributed by atoms with Crippen LogP contribution in [0.25, 0.3) is 0 Å². The van der Waals surface area contributed by atoms with E-state index < -0.39 is 11.3 Å². The highest BCUT2D eigenvalue weighted by molar-refractivity contribution is 5.85. The number of carbonyl (C=O) groups excluding carboxylic acids is 1. The predicted octanol–water partition coefficient (Wildman–Crippen LogP) is 0.850. The molecule has 0 rings (SSSR count). The van der Waals surface area contributed by atoms with E-state index in [1.54, 1.807) is 0 Å². The lowest BCUT2D eigenvalue weighted by atomic mass is 9.80. The molecular formula is C10H12N4O. The Bertz CT molecular complexity index is 324. The molecule has 0 atom stereocenters. The second kappa shape index (κ2) is 6.40. The number of hydrogen-bond donors (Lipinski definition) is 1. The van der Waals surface area contributed by atoms with Gasteiger partial charge in [-0.25, -0.2) is 0 Å². The molecule has 0 aliphatic carbocycles. The molecule has 78 valence electrons. The highest BCUT2D eigenvalue weighted by Gasteiger charge is 2.37. The molecule has 0 aromatic rings. The van der Waals surface area contributed by atoms with Crippen molar-refractivity contribution in [3.05, 3.63) is 0 Å². The summed E-state index contributed by atoms with van der Waals surface area (Å²) in [6, 6.07) is 5.72. The summed E-state index contributed by atoms with van der Waals surface area (Å²) in [7, 11) is 1.44. The monoisotopic (exact) mass is 204 g/mol. The second-order valence-corrected chi connectivity index (χ2v) is 3.09. The molecule has 0 aliphatic rings. The first-order valence-corrected chi connectivity index (χ1v) is 4.54.